The topological polar surface area (TPSA) is 96.0 Å². The maximum Gasteiger partial charge on any atom is 0.259 e. The number of carbonyl (C=O) groups is 1. The van der Waals surface area contributed by atoms with Gasteiger partial charge in [0.05, 0.1) is 41.3 Å². The standard InChI is InChI=1S/C24H28N2O6S2/c1-4-34(28)17-7-5-15(6-8-17)22(32-16-9-11-31-12-10-16)23(27)26-24-25-18-13-19(29-2)20(30-3)14-21(18)33-24/h5-8,13-14,16,22H,4,9-12H2,1-3H3,(H,25,26,27). The van der Waals surface area contributed by atoms with Gasteiger partial charge in [-0.1, -0.05) is 30.4 Å². The number of amides is 1. The van der Waals surface area contributed by atoms with Crippen LogP contribution in [0.25, 0.3) is 10.2 Å². The van der Waals surface area contributed by atoms with Gasteiger partial charge in [0.2, 0.25) is 0 Å². The van der Waals surface area contributed by atoms with Crippen LogP contribution in [-0.2, 0) is 25.1 Å². The summed E-state index contributed by atoms with van der Waals surface area (Å²) in [5.41, 5.74) is 1.40. The molecule has 2 heterocycles. The fraction of sp³-hybridized carbons (Fsp3) is 0.417. The van der Waals surface area contributed by atoms with E-state index >= 15 is 0 Å². The molecule has 182 valence electrons. The summed E-state index contributed by atoms with van der Waals surface area (Å²) in [5, 5.41) is 3.37. The minimum atomic E-state index is -1.06. The van der Waals surface area contributed by atoms with Gasteiger partial charge in [0.1, 0.15) is 0 Å². The van der Waals surface area contributed by atoms with Crippen LogP contribution in [0.5, 0.6) is 11.5 Å². The maximum absolute atomic E-state index is 13.4. The molecule has 1 N–H and O–H groups in total. The molecular weight excluding hydrogens is 476 g/mol. The van der Waals surface area contributed by atoms with E-state index in [1.54, 1.807) is 44.6 Å². The number of ether oxygens (including phenoxy) is 4. The molecule has 0 spiro atoms. The largest absolute Gasteiger partial charge is 0.493 e. The zero-order valence-electron chi connectivity index (χ0n) is 19.4. The Balaban J connectivity index is 1.58. The maximum atomic E-state index is 13.4. The Morgan fingerprint density at radius 2 is 1.85 bits per heavy atom. The number of methoxy groups -OCH3 is 2. The summed E-state index contributed by atoms with van der Waals surface area (Å²) in [4.78, 5) is 18.6. The second-order valence-corrected chi connectivity index (χ2v) is 10.5. The van der Waals surface area contributed by atoms with Gasteiger partial charge in [-0.25, -0.2) is 4.98 Å². The number of carbonyl (C=O) groups excluding carboxylic acids is 1. The minimum Gasteiger partial charge on any atom is -0.493 e. The summed E-state index contributed by atoms with van der Waals surface area (Å²) in [6.07, 6.45) is 0.534. The molecule has 2 atom stereocenters. The van der Waals surface area contributed by atoms with Gasteiger partial charge in [0.15, 0.2) is 22.7 Å². The van der Waals surface area contributed by atoms with Crippen LogP contribution in [0.15, 0.2) is 41.3 Å². The van der Waals surface area contributed by atoms with E-state index in [1.165, 1.54) is 11.3 Å². The number of nitrogens with zero attached hydrogens (tertiary/aromatic N) is 1. The van der Waals surface area contributed by atoms with E-state index in [-0.39, 0.29) is 12.0 Å². The molecule has 0 radical (unpaired) electrons. The molecule has 1 aromatic heterocycles. The van der Waals surface area contributed by atoms with E-state index in [1.807, 2.05) is 13.0 Å². The highest BCUT2D eigenvalue weighted by Crippen LogP contribution is 2.36. The summed E-state index contributed by atoms with van der Waals surface area (Å²) >= 11 is 1.35. The second-order valence-electron chi connectivity index (χ2n) is 7.71. The van der Waals surface area contributed by atoms with Gasteiger partial charge in [-0.3, -0.25) is 14.3 Å². The van der Waals surface area contributed by atoms with Gasteiger partial charge < -0.3 is 18.9 Å². The Morgan fingerprint density at radius 3 is 2.50 bits per heavy atom. The van der Waals surface area contributed by atoms with Gasteiger partial charge in [-0.2, -0.15) is 0 Å². The minimum absolute atomic E-state index is 0.0853. The van der Waals surface area contributed by atoms with E-state index in [4.69, 9.17) is 18.9 Å². The monoisotopic (exact) mass is 504 g/mol. The third-order valence-corrected chi connectivity index (χ3v) is 7.82. The molecule has 1 aliphatic heterocycles. The second kappa shape index (κ2) is 11.3. The van der Waals surface area contributed by atoms with Crippen molar-refractivity contribution in [2.24, 2.45) is 0 Å². The summed E-state index contributed by atoms with van der Waals surface area (Å²) in [5.74, 6) is 1.40. The average Bonchev–Trinajstić information content (AvgIpc) is 3.27. The molecule has 4 rings (SSSR count). The lowest BCUT2D eigenvalue weighted by molar-refractivity contribution is -0.136. The fourth-order valence-corrected chi connectivity index (χ4v) is 5.39. The van der Waals surface area contributed by atoms with Crippen LogP contribution in [0.4, 0.5) is 5.13 Å². The number of hydrogen-bond acceptors (Lipinski definition) is 8. The molecule has 34 heavy (non-hydrogen) atoms. The van der Waals surface area contributed by atoms with Crippen molar-refractivity contribution in [2.45, 2.75) is 36.9 Å². The number of hydrogen-bond donors (Lipinski definition) is 1. The Morgan fingerprint density at radius 1 is 1.18 bits per heavy atom. The van der Waals surface area contributed by atoms with Gasteiger partial charge in [-0.05, 0) is 30.5 Å². The molecule has 1 saturated heterocycles. The first-order chi connectivity index (χ1) is 16.5. The van der Waals surface area contributed by atoms with Crippen molar-refractivity contribution in [2.75, 3.05) is 38.5 Å². The molecule has 0 bridgehead atoms. The summed E-state index contributed by atoms with van der Waals surface area (Å²) in [6.45, 7) is 3.08. The lowest BCUT2D eigenvalue weighted by atomic mass is 10.1. The molecule has 0 aliphatic carbocycles. The summed E-state index contributed by atoms with van der Waals surface area (Å²) < 4.78 is 35.4. The van der Waals surface area contributed by atoms with Crippen molar-refractivity contribution < 1.29 is 28.0 Å². The molecule has 2 unspecified atom stereocenters. The zero-order chi connectivity index (χ0) is 24.1. The molecular formula is C24H28N2O6S2. The Bertz CT molecular complexity index is 1120. The normalized spacial score (nSPS) is 16.2. The Labute approximate surface area is 205 Å². The molecule has 1 fully saturated rings. The molecule has 0 saturated carbocycles. The number of rotatable bonds is 9. The van der Waals surface area contributed by atoms with Gasteiger partial charge in [0.25, 0.3) is 5.91 Å². The van der Waals surface area contributed by atoms with E-state index in [0.29, 0.717) is 46.7 Å². The van der Waals surface area contributed by atoms with Crippen molar-refractivity contribution in [3.63, 3.8) is 0 Å². The van der Waals surface area contributed by atoms with E-state index < -0.39 is 16.9 Å². The van der Waals surface area contributed by atoms with Crippen molar-refractivity contribution in [1.29, 1.82) is 0 Å². The number of fused-ring (bicyclic) bond motifs is 1. The van der Waals surface area contributed by atoms with Crippen LogP contribution in [0.3, 0.4) is 0 Å². The van der Waals surface area contributed by atoms with E-state index in [9.17, 15) is 9.00 Å². The Kier molecular flexibility index (Phi) is 8.15. The van der Waals surface area contributed by atoms with Crippen LogP contribution in [0.2, 0.25) is 0 Å². The number of aromatic nitrogens is 1. The van der Waals surface area contributed by atoms with Gasteiger partial charge >= 0.3 is 0 Å². The first-order valence-corrected chi connectivity index (χ1v) is 13.2. The van der Waals surface area contributed by atoms with Crippen LogP contribution < -0.4 is 14.8 Å². The number of thiazole rings is 1. The number of anilines is 1. The first-order valence-electron chi connectivity index (χ1n) is 11.1. The van der Waals surface area contributed by atoms with Gasteiger partial charge in [-0.15, -0.1) is 0 Å². The molecule has 1 amide bonds. The number of nitrogens with one attached hydrogen (secondary N) is 1. The van der Waals surface area contributed by atoms with Crippen molar-refractivity contribution in [3.8, 4) is 11.5 Å². The molecule has 3 aromatic rings. The summed E-state index contributed by atoms with van der Waals surface area (Å²) in [7, 11) is 2.08. The highest BCUT2D eigenvalue weighted by Gasteiger charge is 2.28. The lowest BCUT2D eigenvalue weighted by Crippen LogP contribution is -2.31. The number of benzene rings is 2. The highest BCUT2D eigenvalue weighted by molar-refractivity contribution is 7.85. The molecule has 8 nitrogen and oxygen atoms in total. The molecule has 1 aliphatic rings. The Hall–Kier alpha value is -2.53. The average molecular weight is 505 g/mol. The van der Waals surface area contributed by atoms with Gasteiger partial charge in [0, 0.05) is 36.0 Å². The van der Waals surface area contributed by atoms with E-state index in [0.717, 1.165) is 22.4 Å². The smallest absolute Gasteiger partial charge is 0.259 e. The van der Waals surface area contributed by atoms with Crippen LogP contribution >= 0.6 is 11.3 Å². The SMILES string of the molecule is CCS(=O)c1ccc(C(OC2CCOCC2)C(=O)Nc2nc3cc(OC)c(OC)cc3s2)cc1. The van der Waals surface area contributed by atoms with Crippen molar-refractivity contribution in [1.82, 2.24) is 4.98 Å². The fourth-order valence-electron chi connectivity index (χ4n) is 3.74. The lowest BCUT2D eigenvalue weighted by Gasteiger charge is -2.27. The first kappa shape index (κ1) is 24.6. The summed E-state index contributed by atoms with van der Waals surface area (Å²) in [6, 6.07) is 10.8. The van der Waals surface area contributed by atoms with Crippen molar-refractivity contribution >= 4 is 43.4 Å². The quantitative estimate of drug-likeness (QED) is 0.464. The predicted molar refractivity (Wildman–Crippen MR) is 132 cm³/mol. The predicted octanol–water partition coefficient (Wildman–Crippen LogP) is 4.32. The van der Waals surface area contributed by atoms with Crippen molar-refractivity contribution in [3.05, 3.63) is 42.0 Å². The highest BCUT2D eigenvalue weighted by atomic mass is 32.2. The molecule has 2 aromatic carbocycles. The van der Waals surface area contributed by atoms with Crippen LogP contribution in [0.1, 0.15) is 31.4 Å². The van der Waals surface area contributed by atoms with E-state index in [2.05, 4.69) is 10.3 Å². The zero-order valence-corrected chi connectivity index (χ0v) is 21.0. The third-order valence-electron chi connectivity index (χ3n) is 5.57. The third kappa shape index (κ3) is 5.57. The molecule has 10 heteroatoms. The van der Waals surface area contributed by atoms with Crippen LogP contribution in [-0.4, -0.2) is 54.4 Å². The van der Waals surface area contributed by atoms with Crippen LogP contribution in [0, 0.1) is 0 Å².